The Morgan fingerprint density at radius 1 is 1.43 bits per heavy atom. The van der Waals surface area contributed by atoms with Crippen molar-refractivity contribution in [3.05, 3.63) is 29.6 Å². The highest BCUT2D eigenvalue weighted by Crippen LogP contribution is 2.36. The van der Waals surface area contributed by atoms with E-state index in [2.05, 4.69) is 11.8 Å². The summed E-state index contributed by atoms with van der Waals surface area (Å²) in [5.41, 5.74) is 7.90. The van der Waals surface area contributed by atoms with Gasteiger partial charge in [0.05, 0.1) is 24.4 Å². The quantitative estimate of drug-likeness (QED) is 0.927. The van der Waals surface area contributed by atoms with Crippen LogP contribution in [-0.4, -0.2) is 31.3 Å². The molecule has 1 aromatic rings. The number of anilines is 1. The lowest BCUT2D eigenvalue weighted by atomic mass is 9.99. The zero-order chi connectivity index (χ0) is 14.8. The summed E-state index contributed by atoms with van der Waals surface area (Å²) >= 11 is 0. The molecule has 0 radical (unpaired) electrons. The molecule has 1 heterocycles. The van der Waals surface area contributed by atoms with E-state index in [-0.39, 0.29) is 18.0 Å². The van der Waals surface area contributed by atoms with Crippen LogP contribution in [0.3, 0.4) is 0 Å². The highest BCUT2D eigenvalue weighted by molar-refractivity contribution is 5.56. The van der Waals surface area contributed by atoms with Crippen molar-refractivity contribution in [3.63, 3.8) is 0 Å². The number of benzene rings is 1. The number of rotatable bonds is 4. The standard InChI is InChI=1S/C17H25FN2O/c1-2-13(19)11-12-5-3-6-14(18)17(12)20-9-10-21-16-8-4-7-15(16)20/h3,5-6,13,15-16H,2,4,7-11,19H2,1H3. The lowest BCUT2D eigenvalue weighted by Gasteiger charge is -2.40. The summed E-state index contributed by atoms with van der Waals surface area (Å²) in [7, 11) is 0. The number of hydrogen-bond acceptors (Lipinski definition) is 3. The van der Waals surface area contributed by atoms with Gasteiger partial charge in [-0.25, -0.2) is 4.39 Å². The third-order valence-corrected chi connectivity index (χ3v) is 4.85. The summed E-state index contributed by atoms with van der Waals surface area (Å²) < 4.78 is 20.4. The van der Waals surface area contributed by atoms with Crippen molar-refractivity contribution >= 4 is 5.69 Å². The highest BCUT2D eigenvalue weighted by atomic mass is 19.1. The van der Waals surface area contributed by atoms with Crippen molar-refractivity contribution in [1.82, 2.24) is 0 Å². The van der Waals surface area contributed by atoms with E-state index in [0.717, 1.165) is 43.5 Å². The molecule has 1 aliphatic carbocycles. The molecule has 3 nitrogen and oxygen atoms in total. The van der Waals surface area contributed by atoms with Gasteiger partial charge in [0.25, 0.3) is 0 Å². The van der Waals surface area contributed by atoms with Crippen molar-refractivity contribution in [2.75, 3.05) is 18.1 Å². The summed E-state index contributed by atoms with van der Waals surface area (Å²) in [6.45, 7) is 3.54. The number of hydrogen-bond donors (Lipinski definition) is 1. The molecule has 3 atom stereocenters. The van der Waals surface area contributed by atoms with Gasteiger partial charge in [-0.15, -0.1) is 0 Å². The second kappa shape index (κ2) is 6.32. The van der Waals surface area contributed by atoms with Gasteiger partial charge in [-0.3, -0.25) is 0 Å². The number of morpholine rings is 1. The zero-order valence-corrected chi connectivity index (χ0v) is 12.7. The fraction of sp³-hybridized carbons (Fsp3) is 0.647. The Labute approximate surface area is 126 Å². The predicted octanol–water partition coefficient (Wildman–Crippen LogP) is 2.86. The molecule has 3 unspecified atom stereocenters. The first-order valence-corrected chi connectivity index (χ1v) is 8.12. The van der Waals surface area contributed by atoms with E-state index in [1.807, 2.05) is 6.07 Å². The molecule has 21 heavy (non-hydrogen) atoms. The molecular weight excluding hydrogens is 267 g/mol. The largest absolute Gasteiger partial charge is 0.374 e. The summed E-state index contributed by atoms with van der Waals surface area (Å²) in [6, 6.07) is 5.80. The predicted molar refractivity (Wildman–Crippen MR) is 83.1 cm³/mol. The van der Waals surface area contributed by atoms with Crippen LogP contribution in [0.5, 0.6) is 0 Å². The van der Waals surface area contributed by atoms with E-state index in [1.54, 1.807) is 12.1 Å². The van der Waals surface area contributed by atoms with Crippen LogP contribution in [0.15, 0.2) is 18.2 Å². The minimum Gasteiger partial charge on any atom is -0.374 e. The van der Waals surface area contributed by atoms with Crippen LogP contribution in [0.2, 0.25) is 0 Å². The summed E-state index contributed by atoms with van der Waals surface area (Å²) in [6.07, 6.45) is 5.27. The first-order valence-electron chi connectivity index (χ1n) is 8.12. The van der Waals surface area contributed by atoms with Gasteiger partial charge < -0.3 is 15.4 Å². The highest BCUT2D eigenvalue weighted by Gasteiger charge is 2.37. The van der Waals surface area contributed by atoms with Gasteiger partial charge in [-0.05, 0) is 43.7 Å². The molecule has 116 valence electrons. The zero-order valence-electron chi connectivity index (χ0n) is 12.7. The van der Waals surface area contributed by atoms with Crippen molar-refractivity contribution in [2.45, 2.75) is 57.2 Å². The number of fused-ring (bicyclic) bond motifs is 1. The van der Waals surface area contributed by atoms with Crippen molar-refractivity contribution in [2.24, 2.45) is 5.73 Å². The number of nitrogens with zero attached hydrogens (tertiary/aromatic N) is 1. The normalized spacial score (nSPS) is 26.7. The van der Waals surface area contributed by atoms with Crippen LogP contribution in [-0.2, 0) is 11.2 Å². The fourth-order valence-corrected chi connectivity index (χ4v) is 3.68. The number of nitrogens with two attached hydrogens (primary N) is 1. The minimum absolute atomic E-state index is 0.0889. The molecule has 2 fully saturated rings. The number of halogens is 1. The average molecular weight is 292 g/mol. The molecule has 1 aromatic carbocycles. The average Bonchev–Trinajstić information content (AvgIpc) is 2.96. The third-order valence-electron chi connectivity index (χ3n) is 4.85. The Morgan fingerprint density at radius 3 is 3.10 bits per heavy atom. The third kappa shape index (κ3) is 2.92. The van der Waals surface area contributed by atoms with E-state index >= 15 is 0 Å². The molecule has 1 saturated heterocycles. The monoisotopic (exact) mass is 292 g/mol. The molecule has 0 bridgehead atoms. The van der Waals surface area contributed by atoms with Crippen molar-refractivity contribution in [1.29, 1.82) is 0 Å². The molecule has 2 aliphatic rings. The van der Waals surface area contributed by atoms with Crippen LogP contribution in [0.4, 0.5) is 10.1 Å². The van der Waals surface area contributed by atoms with Gasteiger partial charge >= 0.3 is 0 Å². The Kier molecular flexibility index (Phi) is 4.45. The number of ether oxygens (including phenoxy) is 1. The first-order chi connectivity index (χ1) is 10.2. The second-order valence-corrected chi connectivity index (χ2v) is 6.22. The lowest BCUT2D eigenvalue weighted by molar-refractivity contribution is 0.0253. The van der Waals surface area contributed by atoms with Crippen LogP contribution >= 0.6 is 0 Å². The Balaban J connectivity index is 1.92. The molecule has 1 saturated carbocycles. The smallest absolute Gasteiger partial charge is 0.146 e. The SMILES string of the molecule is CCC(N)Cc1cccc(F)c1N1CCOC2CCCC21. The van der Waals surface area contributed by atoms with Gasteiger partial charge in [-0.2, -0.15) is 0 Å². The molecule has 0 spiro atoms. The molecule has 4 heteroatoms. The summed E-state index contributed by atoms with van der Waals surface area (Å²) in [5.74, 6) is -0.122. The Hall–Kier alpha value is -1.13. The molecule has 1 aliphatic heterocycles. The van der Waals surface area contributed by atoms with Gasteiger partial charge in [-0.1, -0.05) is 19.1 Å². The maximum atomic E-state index is 14.5. The van der Waals surface area contributed by atoms with E-state index in [0.29, 0.717) is 12.6 Å². The molecular formula is C17H25FN2O. The van der Waals surface area contributed by atoms with Crippen LogP contribution in [0.25, 0.3) is 0 Å². The Bertz CT molecular complexity index is 494. The van der Waals surface area contributed by atoms with E-state index in [9.17, 15) is 4.39 Å². The van der Waals surface area contributed by atoms with E-state index in [4.69, 9.17) is 10.5 Å². The maximum Gasteiger partial charge on any atom is 0.146 e. The topological polar surface area (TPSA) is 38.5 Å². The van der Waals surface area contributed by atoms with E-state index < -0.39 is 0 Å². The van der Waals surface area contributed by atoms with Crippen molar-refractivity contribution < 1.29 is 9.13 Å². The van der Waals surface area contributed by atoms with Gasteiger partial charge in [0.2, 0.25) is 0 Å². The molecule has 0 aromatic heterocycles. The van der Waals surface area contributed by atoms with Crippen molar-refractivity contribution in [3.8, 4) is 0 Å². The summed E-state index contributed by atoms with van der Waals surface area (Å²) in [5, 5.41) is 0. The first kappa shape index (κ1) is 14.8. The lowest BCUT2D eigenvalue weighted by Crippen LogP contribution is -2.49. The molecule has 2 N–H and O–H groups in total. The second-order valence-electron chi connectivity index (χ2n) is 6.22. The molecule has 3 rings (SSSR count). The maximum absolute atomic E-state index is 14.5. The summed E-state index contributed by atoms with van der Waals surface area (Å²) in [4.78, 5) is 2.24. The van der Waals surface area contributed by atoms with E-state index in [1.165, 1.54) is 6.42 Å². The van der Waals surface area contributed by atoms with Crippen LogP contribution in [0.1, 0.15) is 38.2 Å². The number of para-hydroxylation sites is 1. The van der Waals surface area contributed by atoms with Crippen LogP contribution in [0, 0.1) is 5.82 Å². The fourth-order valence-electron chi connectivity index (χ4n) is 3.68. The van der Waals surface area contributed by atoms with Crippen LogP contribution < -0.4 is 10.6 Å². The Morgan fingerprint density at radius 2 is 2.29 bits per heavy atom. The minimum atomic E-state index is -0.122. The van der Waals surface area contributed by atoms with Gasteiger partial charge in [0, 0.05) is 12.6 Å². The van der Waals surface area contributed by atoms with Gasteiger partial charge in [0.1, 0.15) is 5.82 Å². The molecule has 0 amide bonds. The van der Waals surface area contributed by atoms with Gasteiger partial charge in [0.15, 0.2) is 0 Å².